The minimum atomic E-state index is -0.813. The van der Waals surface area contributed by atoms with Crippen LogP contribution in [0.1, 0.15) is 41.0 Å². The molecule has 0 bridgehead atoms. The maximum atomic E-state index is 12.5. The summed E-state index contributed by atoms with van der Waals surface area (Å²) in [5.41, 5.74) is -0.693. The van der Waals surface area contributed by atoms with Crippen molar-refractivity contribution in [1.82, 2.24) is 4.90 Å². The zero-order valence-electron chi connectivity index (χ0n) is 16.1. The largest absolute Gasteiger partial charge is 0.466 e. The number of carbonyl (C=O) groups excluding carboxylic acids is 4. The van der Waals surface area contributed by atoms with Crippen LogP contribution in [0.25, 0.3) is 0 Å². The van der Waals surface area contributed by atoms with E-state index in [1.807, 2.05) is 0 Å². The zero-order valence-corrected chi connectivity index (χ0v) is 16.1. The quantitative estimate of drug-likeness (QED) is 0.408. The van der Waals surface area contributed by atoms with Gasteiger partial charge in [-0.2, -0.15) is 0 Å². The Hall–Kier alpha value is -2.38. The van der Waals surface area contributed by atoms with Gasteiger partial charge in [-0.3, -0.25) is 4.79 Å². The normalized spacial score (nSPS) is 20.3. The first kappa shape index (κ1) is 21.7. The van der Waals surface area contributed by atoms with Gasteiger partial charge in [0.15, 0.2) is 0 Å². The van der Waals surface area contributed by atoms with Crippen molar-refractivity contribution in [2.45, 2.75) is 58.8 Å². The van der Waals surface area contributed by atoms with Crippen molar-refractivity contribution in [1.29, 1.82) is 0 Å². The van der Waals surface area contributed by atoms with Crippen molar-refractivity contribution in [2.24, 2.45) is 5.92 Å². The molecule has 0 aromatic rings. The van der Waals surface area contributed by atoms with E-state index in [0.717, 1.165) is 12.2 Å². The molecule has 1 fully saturated rings. The Kier molecular flexibility index (Phi) is 7.35. The Bertz CT molecular complexity index is 589. The molecule has 8 heteroatoms. The number of likely N-dealkylation sites (tertiary alicyclic amines) is 1. The molecule has 8 nitrogen and oxygen atoms in total. The van der Waals surface area contributed by atoms with Gasteiger partial charge in [0.05, 0.1) is 13.7 Å². The van der Waals surface area contributed by atoms with E-state index >= 15 is 0 Å². The molecule has 0 aliphatic carbocycles. The van der Waals surface area contributed by atoms with Crippen LogP contribution in [0, 0.1) is 5.92 Å². The number of nitrogens with zero attached hydrogens (tertiary/aromatic N) is 1. The number of amides is 1. The third-order valence-corrected chi connectivity index (χ3v) is 3.56. The first-order valence-electron chi connectivity index (χ1n) is 8.44. The third-order valence-electron chi connectivity index (χ3n) is 3.56. The van der Waals surface area contributed by atoms with Crippen LogP contribution in [0.15, 0.2) is 12.2 Å². The molecule has 0 N–H and O–H groups in total. The average molecular weight is 369 g/mol. The summed E-state index contributed by atoms with van der Waals surface area (Å²) >= 11 is 0. The van der Waals surface area contributed by atoms with Crippen LogP contribution in [-0.4, -0.2) is 60.1 Å². The Labute approximate surface area is 153 Å². The molecular weight excluding hydrogens is 342 g/mol. The van der Waals surface area contributed by atoms with Gasteiger partial charge in [0, 0.05) is 24.5 Å². The van der Waals surface area contributed by atoms with Crippen molar-refractivity contribution < 1.29 is 33.4 Å². The predicted octanol–water partition coefficient (Wildman–Crippen LogP) is 1.23. The van der Waals surface area contributed by atoms with Crippen LogP contribution >= 0.6 is 0 Å². The molecule has 1 amide bonds. The first-order valence-corrected chi connectivity index (χ1v) is 8.44. The number of methoxy groups -OCH3 is 1. The van der Waals surface area contributed by atoms with Crippen LogP contribution in [0.5, 0.6) is 0 Å². The van der Waals surface area contributed by atoms with Gasteiger partial charge in [-0.1, -0.05) is 13.8 Å². The van der Waals surface area contributed by atoms with E-state index in [-0.39, 0.29) is 24.8 Å². The van der Waals surface area contributed by atoms with Crippen molar-refractivity contribution in [3.8, 4) is 0 Å². The minimum absolute atomic E-state index is 0.0960. The van der Waals surface area contributed by atoms with E-state index in [2.05, 4.69) is 4.74 Å². The molecule has 0 unspecified atom stereocenters. The minimum Gasteiger partial charge on any atom is -0.466 e. The highest BCUT2D eigenvalue weighted by Crippen LogP contribution is 2.25. The Morgan fingerprint density at radius 1 is 1.08 bits per heavy atom. The topological polar surface area (TPSA) is 99.2 Å². The molecule has 1 rings (SSSR count). The number of hydrogen-bond donors (Lipinski definition) is 0. The average Bonchev–Trinajstić information content (AvgIpc) is 2.93. The van der Waals surface area contributed by atoms with E-state index in [9.17, 15) is 19.2 Å². The molecule has 1 saturated heterocycles. The highest BCUT2D eigenvalue weighted by Gasteiger charge is 2.43. The molecule has 26 heavy (non-hydrogen) atoms. The Morgan fingerprint density at radius 3 is 2.15 bits per heavy atom. The molecule has 0 aromatic heterocycles. The molecule has 1 aliphatic heterocycles. The van der Waals surface area contributed by atoms with Crippen molar-refractivity contribution in [2.75, 3.05) is 13.7 Å². The predicted molar refractivity (Wildman–Crippen MR) is 91.8 cm³/mol. The summed E-state index contributed by atoms with van der Waals surface area (Å²) in [6.07, 6.45) is 1.37. The summed E-state index contributed by atoms with van der Waals surface area (Å²) in [6, 6.07) is -0.813. The lowest BCUT2D eigenvalue weighted by Gasteiger charge is -2.28. The van der Waals surface area contributed by atoms with E-state index in [1.165, 1.54) is 12.0 Å². The van der Waals surface area contributed by atoms with Crippen molar-refractivity contribution >= 4 is 23.8 Å². The first-order chi connectivity index (χ1) is 11.9. The molecule has 0 aromatic carbocycles. The smallest absolute Gasteiger partial charge is 0.331 e. The highest BCUT2D eigenvalue weighted by atomic mass is 16.6. The van der Waals surface area contributed by atoms with Gasteiger partial charge in [0.2, 0.25) is 5.91 Å². The maximum absolute atomic E-state index is 12.5. The van der Waals surface area contributed by atoms with Crippen LogP contribution in [0.3, 0.4) is 0 Å². The van der Waals surface area contributed by atoms with Gasteiger partial charge in [0.25, 0.3) is 0 Å². The number of rotatable bonds is 5. The molecule has 0 saturated carbocycles. The molecule has 2 atom stereocenters. The number of ether oxygens (including phenoxy) is 3. The summed E-state index contributed by atoms with van der Waals surface area (Å²) < 4.78 is 15.0. The summed E-state index contributed by atoms with van der Waals surface area (Å²) in [7, 11) is 1.19. The third kappa shape index (κ3) is 6.50. The Balaban J connectivity index is 2.84. The molecule has 0 radical (unpaired) electrons. The van der Waals surface area contributed by atoms with Crippen LogP contribution in [0.2, 0.25) is 0 Å². The summed E-state index contributed by atoms with van der Waals surface area (Å²) in [5.74, 6) is -2.49. The summed E-state index contributed by atoms with van der Waals surface area (Å²) in [5, 5.41) is 0. The van der Waals surface area contributed by atoms with Gasteiger partial charge in [-0.15, -0.1) is 0 Å². The second kappa shape index (κ2) is 8.82. The summed E-state index contributed by atoms with van der Waals surface area (Å²) in [4.78, 5) is 49.1. The number of hydrogen-bond acceptors (Lipinski definition) is 7. The SMILES string of the molecule is COC(=O)/C=C/C(=O)O[C@@H]1C[C@@H](C(=O)OC(C)(C)C)N(C(=O)C(C)C)C1. The lowest BCUT2D eigenvalue weighted by atomic mass is 10.1. The monoisotopic (exact) mass is 369 g/mol. The van der Waals surface area contributed by atoms with E-state index < -0.39 is 35.7 Å². The lowest BCUT2D eigenvalue weighted by Crippen LogP contribution is -2.45. The van der Waals surface area contributed by atoms with Crippen LogP contribution < -0.4 is 0 Å². The van der Waals surface area contributed by atoms with Gasteiger partial charge in [-0.05, 0) is 20.8 Å². The van der Waals surface area contributed by atoms with Gasteiger partial charge >= 0.3 is 17.9 Å². The summed E-state index contributed by atoms with van der Waals surface area (Å²) in [6.45, 7) is 8.77. The number of carbonyl (C=O) groups is 4. The van der Waals surface area contributed by atoms with Crippen molar-refractivity contribution in [3.05, 3.63) is 12.2 Å². The fourth-order valence-electron chi connectivity index (χ4n) is 2.46. The highest BCUT2D eigenvalue weighted by molar-refractivity contribution is 5.92. The second-order valence-corrected chi connectivity index (χ2v) is 7.35. The maximum Gasteiger partial charge on any atom is 0.331 e. The van der Waals surface area contributed by atoms with Gasteiger partial charge < -0.3 is 19.1 Å². The van der Waals surface area contributed by atoms with E-state index in [1.54, 1.807) is 34.6 Å². The molecule has 1 aliphatic rings. The van der Waals surface area contributed by atoms with Crippen LogP contribution in [0.4, 0.5) is 0 Å². The fourth-order valence-corrected chi connectivity index (χ4v) is 2.46. The molecule has 1 heterocycles. The lowest BCUT2D eigenvalue weighted by molar-refractivity contribution is -0.163. The van der Waals surface area contributed by atoms with Crippen molar-refractivity contribution in [3.63, 3.8) is 0 Å². The number of esters is 3. The van der Waals surface area contributed by atoms with E-state index in [0.29, 0.717) is 0 Å². The molecular formula is C18H27NO7. The molecule has 146 valence electrons. The van der Waals surface area contributed by atoms with E-state index in [4.69, 9.17) is 9.47 Å². The second-order valence-electron chi connectivity index (χ2n) is 7.35. The van der Waals surface area contributed by atoms with Gasteiger partial charge in [0.1, 0.15) is 17.7 Å². The van der Waals surface area contributed by atoms with Crippen LogP contribution in [-0.2, 0) is 33.4 Å². The fraction of sp³-hybridized carbons (Fsp3) is 0.667. The standard InChI is InChI=1S/C18H27NO7/c1-11(2)16(22)19-10-12(25-15(21)8-7-14(20)24-6)9-13(19)17(23)26-18(3,4)5/h7-8,11-13H,9-10H2,1-6H3/b8-7+/t12-,13+/m1/s1. The zero-order chi connectivity index (χ0) is 20.1. The van der Waals surface area contributed by atoms with Gasteiger partial charge in [-0.25, -0.2) is 14.4 Å². The Morgan fingerprint density at radius 2 is 1.65 bits per heavy atom. The molecule has 0 spiro atoms.